The van der Waals surface area contributed by atoms with Gasteiger partial charge in [-0.15, -0.1) is 0 Å². The number of primary amides is 1. The number of nitrogens with zero attached hydrogens (tertiary/aromatic N) is 2. The lowest BCUT2D eigenvalue weighted by Gasteiger charge is -2.08. The highest BCUT2D eigenvalue weighted by atomic mass is 16.2. The minimum atomic E-state index is -0.694. The Morgan fingerprint density at radius 3 is 2.80 bits per heavy atom. The maximum absolute atomic E-state index is 10.6. The summed E-state index contributed by atoms with van der Waals surface area (Å²) in [7, 11) is 0. The number of carbonyl (C=O) groups is 1. The molecule has 0 spiro atoms. The number of anilines is 1. The molecule has 6 nitrogen and oxygen atoms in total. The predicted molar refractivity (Wildman–Crippen MR) is 78.3 cm³/mol. The van der Waals surface area contributed by atoms with E-state index in [2.05, 4.69) is 20.8 Å². The van der Waals surface area contributed by atoms with Gasteiger partial charge in [0.05, 0.1) is 18.5 Å². The second kappa shape index (κ2) is 6.89. The second-order valence-corrected chi connectivity index (χ2v) is 4.00. The Kier molecular flexibility index (Phi) is 4.66. The Bertz CT molecular complexity index is 598. The van der Waals surface area contributed by atoms with Crippen LogP contribution in [0.4, 0.5) is 10.5 Å². The summed E-state index contributed by atoms with van der Waals surface area (Å²) in [5.41, 5.74) is 9.79. The number of nitrogens with two attached hydrogens (primary N) is 1. The number of aromatic nitrogens is 1. The summed E-state index contributed by atoms with van der Waals surface area (Å²) in [4.78, 5) is 14.8. The van der Waals surface area contributed by atoms with Crippen molar-refractivity contribution in [3.63, 3.8) is 0 Å². The molecule has 0 fully saturated rings. The minimum absolute atomic E-state index is 0.606. The number of hydrogen-bond donors (Lipinski definition) is 3. The van der Waals surface area contributed by atoms with Gasteiger partial charge in [0.15, 0.2) is 0 Å². The zero-order chi connectivity index (χ0) is 14.2. The normalized spacial score (nSPS) is 10.4. The van der Waals surface area contributed by atoms with E-state index in [-0.39, 0.29) is 0 Å². The van der Waals surface area contributed by atoms with E-state index in [1.807, 2.05) is 42.5 Å². The Labute approximate surface area is 116 Å². The van der Waals surface area contributed by atoms with Crippen molar-refractivity contribution in [2.45, 2.75) is 6.54 Å². The first-order valence-corrected chi connectivity index (χ1v) is 6.07. The van der Waals surface area contributed by atoms with Crippen molar-refractivity contribution >= 4 is 17.9 Å². The van der Waals surface area contributed by atoms with Crippen molar-refractivity contribution < 1.29 is 4.79 Å². The number of para-hydroxylation sites is 1. The third-order valence-electron chi connectivity index (χ3n) is 2.53. The fourth-order valence-electron chi connectivity index (χ4n) is 1.62. The average Bonchev–Trinajstić information content (AvgIpc) is 2.47. The van der Waals surface area contributed by atoms with E-state index in [1.165, 1.54) is 6.21 Å². The summed E-state index contributed by atoms with van der Waals surface area (Å²) < 4.78 is 0. The smallest absolute Gasteiger partial charge is 0.332 e. The highest BCUT2D eigenvalue weighted by Crippen LogP contribution is 2.13. The van der Waals surface area contributed by atoms with Crippen LogP contribution in [0.5, 0.6) is 0 Å². The van der Waals surface area contributed by atoms with E-state index < -0.39 is 6.03 Å². The first kappa shape index (κ1) is 13.5. The molecule has 20 heavy (non-hydrogen) atoms. The van der Waals surface area contributed by atoms with E-state index in [1.54, 1.807) is 6.20 Å². The molecule has 4 N–H and O–H groups in total. The van der Waals surface area contributed by atoms with Crippen LogP contribution < -0.4 is 16.5 Å². The fraction of sp³-hybridized carbons (Fsp3) is 0.0714. The summed E-state index contributed by atoms with van der Waals surface area (Å²) >= 11 is 0. The van der Waals surface area contributed by atoms with E-state index in [0.717, 1.165) is 16.9 Å². The van der Waals surface area contributed by atoms with Gasteiger partial charge in [0, 0.05) is 17.4 Å². The molecule has 0 unspecified atom stereocenters. The molecule has 2 rings (SSSR count). The lowest BCUT2D eigenvalue weighted by Crippen LogP contribution is -2.24. The van der Waals surface area contributed by atoms with Crippen LogP contribution in [0.25, 0.3) is 0 Å². The molecule has 2 aromatic rings. The van der Waals surface area contributed by atoms with E-state index >= 15 is 0 Å². The van der Waals surface area contributed by atoms with Crippen LogP contribution in [0.3, 0.4) is 0 Å². The van der Waals surface area contributed by atoms with Gasteiger partial charge in [-0.2, -0.15) is 5.10 Å². The number of rotatable bonds is 5. The lowest BCUT2D eigenvalue weighted by atomic mass is 10.2. The van der Waals surface area contributed by atoms with Crippen LogP contribution in [0, 0.1) is 0 Å². The largest absolute Gasteiger partial charge is 0.379 e. The number of hydrogen-bond acceptors (Lipinski definition) is 4. The molecule has 1 aromatic carbocycles. The molecular formula is C14H15N5O. The van der Waals surface area contributed by atoms with Gasteiger partial charge in [-0.3, -0.25) is 4.98 Å². The number of pyridine rings is 1. The minimum Gasteiger partial charge on any atom is -0.379 e. The van der Waals surface area contributed by atoms with Crippen LogP contribution in [0.1, 0.15) is 11.3 Å². The summed E-state index contributed by atoms with van der Waals surface area (Å²) in [5, 5.41) is 7.02. The summed E-state index contributed by atoms with van der Waals surface area (Å²) in [6.07, 6.45) is 3.28. The number of hydrazone groups is 1. The molecule has 0 aliphatic rings. The van der Waals surface area contributed by atoms with Gasteiger partial charge in [0.25, 0.3) is 0 Å². The van der Waals surface area contributed by atoms with Gasteiger partial charge in [0.1, 0.15) is 0 Å². The van der Waals surface area contributed by atoms with Crippen LogP contribution in [-0.4, -0.2) is 17.2 Å². The number of benzene rings is 1. The van der Waals surface area contributed by atoms with Gasteiger partial charge in [0.2, 0.25) is 0 Å². The van der Waals surface area contributed by atoms with Crippen LogP contribution in [-0.2, 0) is 6.54 Å². The standard InChI is InChI=1S/C14H15N5O/c15-14(20)19-18-9-11-5-1-2-7-13(11)17-10-12-6-3-4-8-16-12/h1-9,17H,10H2,(H3,15,19,20)/b18-9-. The van der Waals surface area contributed by atoms with E-state index in [0.29, 0.717) is 6.54 Å². The SMILES string of the molecule is NC(=O)N/N=C\c1ccccc1NCc1ccccn1. The van der Waals surface area contributed by atoms with E-state index in [4.69, 9.17) is 5.73 Å². The molecule has 0 saturated heterocycles. The van der Waals surface area contributed by atoms with Crippen molar-refractivity contribution in [1.29, 1.82) is 0 Å². The highest BCUT2D eigenvalue weighted by Gasteiger charge is 1.99. The second-order valence-electron chi connectivity index (χ2n) is 4.00. The number of amides is 2. The third kappa shape index (κ3) is 4.09. The molecule has 0 aliphatic heterocycles. The van der Waals surface area contributed by atoms with Crippen LogP contribution in [0.2, 0.25) is 0 Å². The van der Waals surface area contributed by atoms with Gasteiger partial charge >= 0.3 is 6.03 Å². The Morgan fingerprint density at radius 1 is 1.25 bits per heavy atom. The maximum Gasteiger partial charge on any atom is 0.332 e. The first-order chi connectivity index (χ1) is 9.75. The van der Waals surface area contributed by atoms with Crippen molar-refractivity contribution in [1.82, 2.24) is 10.4 Å². The summed E-state index contributed by atoms with van der Waals surface area (Å²) in [6.45, 7) is 0.606. The van der Waals surface area contributed by atoms with Crippen LogP contribution in [0.15, 0.2) is 53.8 Å². The number of urea groups is 1. The molecule has 2 amide bonds. The van der Waals surface area contributed by atoms with Crippen molar-refractivity contribution in [2.75, 3.05) is 5.32 Å². The molecule has 0 bridgehead atoms. The lowest BCUT2D eigenvalue weighted by molar-refractivity contribution is 0.249. The molecule has 6 heteroatoms. The van der Waals surface area contributed by atoms with Crippen LogP contribution >= 0.6 is 0 Å². The predicted octanol–water partition coefficient (Wildman–Crippen LogP) is 1.70. The first-order valence-electron chi connectivity index (χ1n) is 6.07. The van der Waals surface area contributed by atoms with Crippen molar-refractivity contribution in [2.24, 2.45) is 10.8 Å². The number of carbonyl (C=O) groups excluding carboxylic acids is 1. The molecule has 1 heterocycles. The quantitative estimate of drug-likeness (QED) is 0.569. The molecular weight excluding hydrogens is 254 g/mol. The third-order valence-corrected chi connectivity index (χ3v) is 2.53. The maximum atomic E-state index is 10.6. The summed E-state index contributed by atoms with van der Waals surface area (Å²) in [5.74, 6) is 0. The Morgan fingerprint density at radius 2 is 2.05 bits per heavy atom. The zero-order valence-electron chi connectivity index (χ0n) is 10.8. The molecule has 1 aromatic heterocycles. The Hall–Kier alpha value is -2.89. The van der Waals surface area contributed by atoms with Gasteiger partial charge in [-0.1, -0.05) is 24.3 Å². The topological polar surface area (TPSA) is 92.4 Å². The molecule has 102 valence electrons. The molecule has 0 saturated carbocycles. The number of nitrogens with one attached hydrogen (secondary N) is 2. The van der Waals surface area contributed by atoms with E-state index in [9.17, 15) is 4.79 Å². The Balaban J connectivity index is 2.04. The zero-order valence-corrected chi connectivity index (χ0v) is 10.8. The summed E-state index contributed by atoms with van der Waals surface area (Å²) in [6, 6.07) is 12.7. The monoisotopic (exact) mass is 269 g/mol. The van der Waals surface area contributed by atoms with Crippen molar-refractivity contribution in [3.8, 4) is 0 Å². The van der Waals surface area contributed by atoms with Gasteiger partial charge in [-0.05, 0) is 18.2 Å². The molecule has 0 atom stereocenters. The van der Waals surface area contributed by atoms with Gasteiger partial charge < -0.3 is 11.1 Å². The fourth-order valence-corrected chi connectivity index (χ4v) is 1.62. The molecule has 0 aliphatic carbocycles. The highest BCUT2D eigenvalue weighted by molar-refractivity contribution is 5.88. The average molecular weight is 269 g/mol. The van der Waals surface area contributed by atoms with Gasteiger partial charge in [-0.25, -0.2) is 10.2 Å². The molecule has 0 radical (unpaired) electrons. The van der Waals surface area contributed by atoms with Crippen molar-refractivity contribution in [3.05, 3.63) is 59.9 Å².